The summed E-state index contributed by atoms with van der Waals surface area (Å²) in [6, 6.07) is 9.00. The van der Waals surface area contributed by atoms with Crippen molar-refractivity contribution in [3.8, 4) is 34.1 Å². The van der Waals surface area contributed by atoms with Gasteiger partial charge in [-0.2, -0.15) is 0 Å². The first kappa shape index (κ1) is 54.2. The molecular weight excluding hydrogens is 761 g/mol. The Balaban J connectivity index is 0.00000651. The minimum absolute atomic E-state index is 0.00415. The van der Waals surface area contributed by atoms with E-state index in [1.165, 1.54) is 5.57 Å². The molecule has 0 bridgehead atoms. The largest absolute Gasteiger partial charge is 0.489 e. The third kappa shape index (κ3) is 13.8. The third-order valence-electron chi connectivity index (χ3n) is 12.9. The monoisotopic (exact) mass is 851 g/mol. The topological polar surface area (TPSA) is 36.9 Å². The van der Waals surface area contributed by atoms with Gasteiger partial charge < -0.3 is 18.9 Å². The van der Waals surface area contributed by atoms with Gasteiger partial charge in [0.05, 0.1) is 26.4 Å². The van der Waals surface area contributed by atoms with Crippen molar-refractivity contribution in [3.05, 3.63) is 107 Å². The molecule has 0 fully saturated rings. The predicted octanol–water partition coefficient (Wildman–Crippen LogP) is 17.3. The van der Waals surface area contributed by atoms with E-state index < -0.39 is 5.41 Å². The maximum absolute atomic E-state index is 6.77. The summed E-state index contributed by atoms with van der Waals surface area (Å²) in [6.45, 7) is 53.6. The summed E-state index contributed by atoms with van der Waals surface area (Å²) >= 11 is 0. The minimum Gasteiger partial charge on any atom is -0.489 e. The molecule has 3 rings (SSSR count). The second-order valence-corrected chi connectivity index (χ2v) is 20.1. The van der Waals surface area contributed by atoms with Crippen molar-refractivity contribution < 1.29 is 18.9 Å². The first-order valence-electron chi connectivity index (χ1n) is 24.1. The molecule has 0 radical (unpaired) electrons. The van der Waals surface area contributed by atoms with Crippen molar-refractivity contribution in [2.45, 2.75) is 163 Å². The highest BCUT2D eigenvalue weighted by Crippen LogP contribution is 2.59. The Hall–Kier alpha value is -3.92. The summed E-state index contributed by atoms with van der Waals surface area (Å²) in [6.07, 6.45) is 15.1. The summed E-state index contributed by atoms with van der Waals surface area (Å²) < 4.78 is 27.0. The molecule has 62 heavy (non-hydrogen) atoms. The summed E-state index contributed by atoms with van der Waals surface area (Å²) in [7, 11) is 0. The van der Waals surface area contributed by atoms with Crippen LogP contribution in [0.1, 0.15) is 168 Å². The maximum Gasteiger partial charge on any atom is 0.161 e. The first-order valence-corrected chi connectivity index (χ1v) is 24.1. The Kier molecular flexibility index (Phi) is 21.2. The van der Waals surface area contributed by atoms with Crippen molar-refractivity contribution in [1.82, 2.24) is 0 Å². The van der Waals surface area contributed by atoms with E-state index in [4.69, 9.17) is 25.5 Å². The molecule has 4 atom stereocenters. The number of hydrogen-bond donors (Lipinski definition) is 0. The third-order valence-corrected chi connectivity index (χ3v) is 12.9. The molecule has 0 heterocycles. The van der Waals surface area contributed by atoms with E-state index in [0.717, 1.165) is 93.2 Å². The van der Waals surface area contributed by atoms with Gasteiger partial charge in [0, 0.05) is 5.41 Å². The quantitative estimate of drug-likeness (QED) is 0.111. The molecule has 4 nitrogen and oxygen atoms in total. The molecule has 0 saturated carbocycles. The van der Waals surface area contributed by atoms with Gasteiger partial charge in [-0.1, -0.05) is 180 Å². The highest BCUT2D eigenvalue weighted by Gasteiger charge is 2.45. The molecule has 0 amide bonds. The van der Waals surface area contributed by atoms with Gasteiger partial charge in [0.1, 0.15) is 0 Å². The zero-order valence-electron chi connectivity index (χ0n) is 43.2. The van der Waals surface area contributed by atoms with E-state index in [9.17, 15) is 0 Å². The van der Waals surface area contributed by atoms with E-state index in [2.05, 4.69) is 173 Å². The Bertz CT molecular complexity index is 1820. The summed E-state index contributed by atoms with van der Waals surface area (Å²) in [5.41, 5.74) is 9.36. The van der Waals surface area contributed by atoms with Crippen molar-refractivity contribution in [1.29, 1.82) is 0 Å². The number of benzene rings is 2. The Labute approximate surface area is 382 Å². The lowest BCUT2D eigenvalue weighted by Gasteiger charge is -2.34. The number of rotatable bonds is 22. The van der Waals surface area contributed by atoms with E-state index in [1.807, 2.05) is 19.9 Å². The minimum atomic E-state index is -0.661. The van der Waals surface area contributed by atoms with Crippen LogP contribution in [0.2, 0.25) is 0 Å². The first-order chi connectivity index (χ1) is 29.1. The van der Waals surface area contributed by atoms with Crippen LogP contribution in [0.4, 0.5) is 0 Å². The fourth-order valence-corrected chi connectivity index (χ4v) is 7.31. The summed E-state index contributed by atoms with van der Waals surface area (Å²) in [5, 5.41) is 0. The molecule has 1 aliphatic rings. The van der Waals surface area contributed by atoms with Gasteiger partial charge in [0.25, 0.3) is 0 Å². The van der Waals surface area contributed by atoms with Crippen molar-refractivity contribution >= 4 is 0 Å². The highest BCUT2D eigenvalue weighted by atomic mass is 16.5. The van der Waals surface area contributed by atoms with Gasteiger partial charge in [-0.15, -0.1) is 0 Å². The lowest BCUT2D eigenvalue weighted by Crippen LogP contribution is -2.26. The van der Waals surface area contributed by atoms with E-state index in [0.29, 0.717) is 50.1 Å². The second kappa shape index (κ2) is 24.2. The molecule has 2 aromatic rings. The molecule has 4 heteroatoms. The van der Waals surface area contributed by atoms with E-state index in [-0.39, 0.29) is 10.8 Å². The molecule has 0 N–H and O–H groups in total. The van der Waals surface area contributed by atoms with Crippen LogP contribution in [0.15, 0.2) is 95.7 Å². The predicted molar refractivity (Wildman–Crippen MR) is 271 cm³/mol. The maximum atomic E-state index is 6.77. The summed E-state index contributed by atoms with van der Waals surface area (Å²) in [4.78, 5) is 0. The van der Waals surface area contributed by atoms with Gasteiger partial charge in [-0.25, -0.2) is 0 Å². The van der Waals surface area contributed by atoms with Crippen LogP contribution >= 0.6 is 0 Å². The average molecular weight is 851 g/mol. The van der Waals surface area contributed by atoms with Gasteiger partial charge >= 0.3 is 0 Å². The van der Waals surface area contributed by atoms with Gasteiger partial charge in [-0.05, 0) is 130 Å². The second-order valence-electron chi connectivity index (χ2n) is 20.1. The molecule has 0 saturated heterocycles. The number of fused-ring (bicyclic) bond motifs is 3. The molecule has 0 aromatic heterocycles. The SMILES string of the molecule is C=C/C(=C\C(=C(/C)C(=C)/C=C\C(=C/C)C(C)(C)C)C1(C)c2cc(OCC(C)CC)c(OCC(C)CC)cc2-c2cc(OCC(C)CC)c(OCC(C)CC)cc21)C(C)(C)C.CC. The smallest absolute Gasteiger partial charge is 0.161 e. The normalized spacial score (nSPS) is 17.8. The van der Waals surface area contributed by atoms with Crippen molar-refractivity contribution in [2.75, 3.05) is 26.4 Å². The van der Waals surface area contributed by atoms with Gasteiger partial charge in [0.15, 0.2) is 23.0 Å². The van der Waals surface area contributed by atoms with E-state index in [1.54, 1.807) is 0 Å². The van der Waals surface area contributed by atoms with Crippen LogP contribution in [0, 0.1) is 34.5 Å². The van der Waals surface area contributed by atoms with Gasteiger partial charge in [-0.3, -0.25) is 0 Å². The van der Waals surface area contributed by atoms with Crippen LogP contribution in [0.5, 0.6) is 23.0 Å². The van der Waals surface area contributed by atoms with Gasteiger partial charge in [0.2, 0.25) is 0 Å². The zero-order chi connectivity index (χ0) is 47.2. The highest BCUT2D eigenvalue weighted by molar-refractivity contribution is 5.88. The number of hydrogen-bond acceptors (Lipinski definition) is 4. The fraction of sp³-hybridized carbons (Fsp3) is 0.586. The Morgan fingerprint density at radius 1 is 0.613 bits per heavy atom. The Morgan fingerprint density at radius 2 is 0.952 bits per heavy atom. The van der Waals surface area contributed by atoms with Crippen molar-refractivity contribution in [3.63, 3.8) is 0 Å². The lowest BCUT2D eigenvalue weighted by molar-refractivity contribution is 0.217. The van der Waals surface area contributed by atoms with Crippen LogP contribution in [-0.2, 0) is 5.41 Å². The lowest BCUT2D eigenvalue weighted by atomic mass is 9.69. The molecule has 1 aliphatic carbocycles. The molecule has 2 aromatic carbocycles. The van der Waals surface area contributed by atoms with Crippen LogP contribution in [0.25, 0.3) is 11.1 Å². The molecule has 0 spiro atoms. The van der Waals surface area contributed by atoms with E-state index >= 15 is 0 Å². The molecular formula is C58H90O4. The van der Waals surface area contributed by atoms with Crippen molar-refractivity contribution in [2.24, 2.45) is 34.5 Å². The number of ether oxygens (including phenoxy) is 4. The summed E-state index contributed by atoms with van der Waals surface area (Å²) in [5.74, 6) is 4.71. The van der Waals surface area contributed by atoms with Crippen LogP contribution < -0.4 is 18.9 Å². The number of allylic oxidation sites excluding steroid dienone is 10. The van der Waals surface area contributed by atoms with Crippen LogP contribution in [-0.4, -0.2) is 26.4 Å². The van der Waals surface area contributed by atoms with Crippen LogP contribution in [0.3, 0.4) is 0 Å². The molecule has 4 unspecified atom stereocenters. The Morgan fingerprint density at radius 3 is 1.24 bits per heavy atom. The zero-order valence-corrected chi connectivity index (χ0v) is 43.2. The standard InChI is InChI=1S/C56H84O4.C2H6/c1-20-37(7)33-57-50-29-45-46-30-51(58-34-38(8)21-2)53(60-36-40(10)23-4)32-49(46)56(19,48(45)31-52(50)59-35-39(9)22-3)47(28-44(25-6)55(16,17)18)42(12)41(11)26-27-43(24-5)54(13,14)15;1-2/h24-32,37-40H,6,11,20-23,33-36H2,1-5,7-10,12-19H3;1-2H3/b27-26-,43-24+,44-28+,47-42-;. The fourth-order valence-electron chi connectivity index (χ4n) is 7.31. The molecule has 346 valence electrons. The average Bonchev–Trinajstić information content (AvgIpc) is 3.47. The molecule has 0 aliphatic heterocycles.